The molecule has 7 nitrogen and oxygen atoms in total. The molecule has 1 aliphatic heterocycles. The van der Waals surface area contributed by atoms with Crippen molar-refractivity contribution < 1.29 is 29.6 Å². The molecule has 1 aliphatic rings. The number of allylic oxidation sites excluding steroid dienone is 1. The number of benzene rings is 1. The van der Waals surface area contributed by atoms with Gasteiger partial charge in [-0.1, -0.05) is 32.1 Å². The maximum Gasteiger partial charge on any atom is 0.342 e. The van der Waals surface area contributed by atoms with Crippen LogP contribution in [-0.4, -0.2) is 52.4 Å². The third kappa shape index (κ3) is 5.92. The van der Waals surface area contributed by atoms with E-state index in [2.05, 4.69) is 5.32 Å². The number of fused-ring (bicyclic) bond motifs is 1. The van der Waals surface area contributed by atoms with Crippen LogP contribution in [0.3, 0.4) is 0 Å². The van der Waals surface area contributed by atoms with E-state index < -0.39 is 24.1 Å². The van der Waals surface area contributed by atoms with Crippen molar-refractivity contribution in [3.05, 3.63) is 41.5 Å². The summed E-state index contributed by atoms with van der Waals surface area (Å²) in [5.41, 5.74) is 0.964. The average molecular weight is 403 g/mol. The molecule has 0 bridgehead atoms. The predicted molar refractivity (Wildman–Crippen MR) is 111 cm³/mol. The lowest BCUT2D eigenvalue weighted by Gasteiger charge is -2.20. The first-order valence-electron chi connectivity index (χ1n) is 9.74. The molecule has 0 spiro atoms. The first-order valence-corrected chi connectivity index (χ1v) is 9.74. The molecular formula is C22H29NO6. The third-order valence-corrected chi connectivity index (χ3v) is 5.09. The largest absolute Gasteiger partial charge is 0.507 e. The monoisotopic (exact) mass is 403 g/mol. The van der Waals surface area contributed by atoms with Gasteiger partial charge in [-0.25, -0.2) is 4.79 Å². The molecule has 0 amide bonds. The SMILES string of the molecule is C[C@@H]1/C=C\C(=O)[C@@H](C)[C@@H](O)C/C=C/c2cc(NCCO)cc(O)c2C(=O)O[C@H]1C. The number of carbonyl (C=O) groups excluding carboxylic acids is 2. The van der Waals surface area contributed by atoms with Gasteiger partial charge in [0.15, 0.2) is 5.78 Å². The van der Waals surface area contributed by atoms with Crippen LogP contribution in [0.5, 0.6) is 5.75 Å². The van der Waals surface area contributed by atoms with Gasteiger partial charge in [0, 0.05) is 30.1 Å². The molecule has 7 heteroatoms. The second kappa shape index (κ2) is 10.2. The molecule has 0 saturated carbocycles. The van der Waals surface area contributed by atoms with E-state index in [0.717, 1.165) is 0 Å². The van der Waals surface area contributed by atoms with Crippen molar-refractivity contribution in [3.8, 4) is 5.75 Å². The number of hydrogen-bond acceptors (Lipinski definition) is 7. The number of phenolic OH excluding ortho intramolecular Hbond substituents is 1. The smallest absolute Gasteiger partial charge is 0.342 e. The van der Waals surface area contributed by atoms with Crippen LogP contribution in [0, 0.1) is 11.8 Å². The Morgan fingerprint density at radius 3 is 2.59 bits per heavy atom. The molecule has 1 aromatic rings. The Labute approximate surface area is 170 Å². The van der Waals surface area contributed by atoms with E-state index in [1.165, 1.54) is 12.1 Å². The molecular weight excluding hydrogens is 374 g/mol. The predicted octanol–water partition coefficient (Wildman–Crippen LogP) is 2.52. The minimum absolute atomic E-state index is 0.0227. The molecule has 29 heavy (non-hydrogen) atoms. The van der Waals surface area contributed by atoms with Crippen LogP contribution < -0.4 is 5.32 Å². The Morgan fingerprint density at radius 1 is 1.17 bits per heavy atom. The zero-order valence-electron chi connectivity index (χ0n) is 17.0. The molecule has 0 aromatic heterocycles. The molecule has 0 saturated heterocycles. The van der Waals surface area contributed by atoms with E-state index in [1.54, 1.807) is 38.1 Å². The van der Waals surface area contributed by atoms with Gasteiger partial charge in [0.25, 0.3) is 0 Å². The number of nitrogens with one attached hydrogen (secondary N) is 1. The van der Waals surface area contributed by atoms with Crippen LogP contribution in [0.4, 0.5) is 5.69 Å². The standard InChI is InChI=1S/C22H29NO6/c1-13-7-8-19(26)14(2)18(25)6-4-5-16-11-17(23-9-10-24)12-20(27)21(16)22(28)29-15(13)3/h4-5,7-8,11-15,18,23-25,27H,6,9-10H2,1-3H3/b5-4+,8-7-/t13-,14+,15+,18+/m1/s1. The first-order chi connectivity index (χ1) is 13.7. The van der Waals surface area contributed by atoms with Crippen LogP contribution >= 0.6 is 0 Å². The van der Waals surface area contributed by atoms with E-state index in [4.69, 9.17) is 9.84 Å². The van der Waals surface area contributed by atoms with Gasteiger partial charge < -0.3 is 25.4 Å². The molecule has 0 aliphatic carbocycles. The Kier molecular flexibility index (Phi) is 7.99. The lowest BCUT2D eigenvalue weighted by molar-refractivity contribution is -0.120. The molecule has 2 rings (SSSR count). The van der Waals surface area contributed by atoms with Crippen molar-refractivity contribution in [1.29, 1.82) is 0 Å². The number of aliphatic hydroxyl groups excluding tert-OH is 2. The number of hydrogen-bond donors (Lipinski definition) is 4. The van der Waals surface area contributed by atoms with Crippen molar-refractivity contribution >= 4 is 23.5 Å². The summed E-state index contributed by atoms with van der Waals surface area (Å²) in [4.78, 5) is 25.0. The number of rotatable bonds is 3. The highest BCUT2D eigenvalue weighted by molar-refractivity contribution is 5.97. The topological polar surface area (TPSA) is 116 Å². The number of esters is 1. The molecule has 158 valence electrons. The molecule has 4 atom stereocenters. The maximum atomic E-state index is 12.7. The highest BCUT2D eigenvalue weighted by Gasteiger charge is 2.24. The number of aromatic hydroxyl groups is 1. The number of aliphatic hydroxyl groups is 2. The summed E-state index contributed by atoms with van der Waals surface area (Å²) in [6.07, 6.45) is 5.14. The fourth-order valence-corrected chi connectivity index (χ4v) is 2.92. The summed E-state index contributed by atoms with van der Waals surface area (Å²) >= 11 is 0. The van der Waals surface area contributed by atoms with E-state index in [1.807, 2.05) is 6.92 Å². The van der Waals surface area contributed by atoms with Gasteiger partial charge in [0.05, 0.1) is 12.7 Å². The maximum absolute atomic E-state index is 12.7. The number of carbonyl (C=O) groups is 2. The van der Waals surface area contributed by atoms with Gasteiger partial charge in [-0.2, -0.15) is 0 Å². The van der Waals surface area contributed by atoms with Crippen LogP contribution in [0.25, 0.3) is 6.08 Å². The van der Waals surface area contributed by atoms with Gasteiger partial charge in [-0.3, -0.25) is 4.79 Å². The highest BCUT2D eigenvalue weighted by Crippen LogP contribution is 2.30. The minimum atomic E-state index is -0.876. The number of ketones is 1. The fourth-order valence-electron chi connectivity index (χ4n) is 2.92. The molecule has 4 N–H and O–H groups in total. The average Bonchev–Trinajstić information content (AvgIpc) is 2.68. The number of ether oxygens (including phenoxy) is 1. The summed E-state index contributed by atoms with van der Waals surface area (Å²) in [6, 6.07) is 3.06. The second-order valence-corrected chi connectivity index (χ2v) is 7.34. The van der Waals surface area contributed by atoms with Crippen LogP contribution in [0.2, 0.25) is 0 Å². The summed E-state index contributed by atoms with van der Waals surface area (Å²) in [7, 11) is 0. The van der Waals surface area contributed by atoms with Gasteiger partial charge in [0.1, 0.15) is 17.4 Å². The summed E-state index contributed by atoms with van der Waals surface area (Å²) in [6.45, 7) is 5.40. The minimum Gasteiger partial charge on any atom is -0.507 e. The van der Waals surface area contributed by atoms with E-state index in [-0.39, 0.29) is 42.6 Å². The first kappa shape index (κ1) is 22.6. The third-order valence-electron chi connectivity index (χ3n) is 5.09. The van der Waals surface area contributed by atoms with Crippen LogP contribution in [-0.2, 0) is 9.53 Å². The molecule has 1 heterocycles. The van der Waals surface area contributed by atoms with Crippen molar-refractivity contribution in [2.24, 2.45) is 11.8 Å². The van der Waals surface area contributed by atoms with E-state index >= 15 is 0 Å². The van der Waals surface area contributed by atoms with Crippen molar-refractivity contribution in [3.63, 3.8) is 0 Å². The zero-order chi connectivity index (χ0) is 21.6. The molecule has 0 radical (unpaired) electrons. The lowest BCUT2D eigenvalue weighted by atomic mass is 9.94. The summed E-state index contributed by atoms with van der Waals surface area (Å²) < 4.78 is 5.51. The highest BCUT2D eigenvalue weighted by atomic mass is 16.5. The van der Waals surface area contributed by atoms with Crippen molar-refractivity contribution in [1.82, 2.24) is 0 Å². The van der Waals surface area contributed by atoms with Crippen LogP contribution in [0.15, 0.2) is 30.4 Å². The van der Waals surface area contributed by atoms with Crippen molar-refractivity contribution in [2.45, 2.75) is 39.4 Å². The van der Waals surface area contributed by atoms with Gasteiger partial charge in [0.2, 0.25) is 0 Å². The van der Waals surface area contributed by atoms with E-state index in [0.29, 0.717) is 11.3 Å². The second-order valence-electron chi connectivity index (χ2n) is 7.34. The van der Waals surface area contributed by atoms with Crippen molar-refractivity contribution in [2.75, 3.05) is 18.5 Å². The molecule has 0 fully saturated rings. The normalized spacial score (nSPS) is 28.0. The number of cyclic esters (lactones) is 1. The fraction of sp³-hybridized carbons (Fsp3) is 0.455. The molecule has 1 aromatic carbocycles. The Balaban J connectivity index is 2.47. The van der Waals surface area contributed by atoms with Gasteiger partial charge >= 0.3 is 5.97 Å². The molecule has 0 unspecified atom stereocenters. The number of phenols is 1. The zero-order valence-corrected chi connectivity index (χ0v) is 17.0. The lowest BCUT2D eigenvalue weighted by Crippen LogP contribution is -2.25. The van der Waals surface area contributed by atoms with E-state index in [9.17, 15) is 19.8 Å². The Morgan fingerprint density at radius 2 is 1.90 bits per heavy atom. The quantitative estimate of drug-likeness (QED) is 0.573. The van der Waals surface area contributed by atoms with Gasteiger partial charge in [-0.15, -0.1) is 0 Å². The van der Waals surface area contributed by atoms with Crippen LogP contribution in [0.1, 0.15) is 43.1 Å². The van der Waals surface area contributed by atoms with Gasteiger partial charge in [-0.05, 0) is 31.1 Å². The Bertz CT molecular complexity index is 801. The summed E-state index contributed by atoms with van der Waals surface area (Å²) in [5, 5.41) is 32.7. The summed E-state index contributed by atoms with van der Waals surface area (Å²) in [5.74, 6) is -1.93. The Hall–Kier alpha value is -2.64. The number of anilines is 1.